The lowest BCUT2D eigenvalue weighted by atomic mass is 10.1. The van der Waals surface area contributed by atoms with Crippen molar-refractivity contribution in [1.29, 1.82) is 0 Å². The van der Waals surface area contributed by atoms with Gasteiger partial charge in [0.05, 0.1) is 0 Å². The first-order valence-electron chi connectivity index (χ1n) is 5.92. The third kappa shape index (κ3) is 1.98. The van der Waals surface area contributed by atoms with Crippen LogP contribution >= 0.6 is 12.2 Å². The van der Waals surface area contributed by atoms with Crippen LogP contribution in [0.15, 0.2) is 60.7 Å². The first-order chi connectivity index (χ1) is 9.22. The summed E-state index contributed by atoms with van der Waals surface area (Å²) in [5.74, 6) is -1.39. The van der Waals surface area contributed by atoms with Gasteiger partial charge in [-0.2, -0.15) is 5.43 Å². The summed E-state index contributed by atoms with van der Waals surface area (Å²) in [6.07, 6.45) is 0. The van der Waals surface area contributed by atoms with Gasteiger partial charge >= 0.3 is 0 Å². The molecular weight excluding hydrogens is 258 g/mol. The van der Waals surface area contributed by atoms with E-state index in [1.165, 1.54) is 0 Å². The van der Waals surface area contributed by atoms with Gasteiger partial charge in [0.2, 0.25) is 5.85 Å². The van der Waals surface area contributed by atoms with Crippen LogP contribution in [-0.2, 0) is 5.85 Å². The van der Waals surface area contributed by atoms with E-state index in [1.54, 1.807) is 4.90 Å². The van der Waals surface area contributed by atoms with Crippen LogP contribution in [0.1, 0.15) is 5.56 Å². The maximum atomic E-state index is 10.9. The lowest BCUT2D eigenvalue weighted by Crippen LogP contribution is -2.50. The van der Waals surface area contributed by atoms with Crippen molar-refractivity contribution >= 4 is 23.0 Å². The number of hydrazine groups is 1. The molecule has 0 aromatic heterocycles. The van der Waals surface area contributed by atoms with Gasteiger partial charge in [0, 0.05) is 11.3 Å². The van der Waals surface area contributed by atoms with Crippen molar-refractivity contribution in [3.05, 3.63) is 66.2 Å². The average molecular weight is 271 g/mol. The first kappa shape index (κ1) is 12.1. The molecular formula is C14H13N3OS. The second kappa shape index (κ2) is 4.62. The van der Waals surface area contributed by atoms with E-state index >= 15 is 0 Å². The molecule has 0 spiro atoms. The van der Waals surface area contributed by atoms with Crippen molar-refractivity contribution < 1.29 is 5.11 Å². The molecule has 1 fully saturated rings. The van der Waals surface area contributed by atoms with Gasteiger partial charge in [-0.05, 0) is 24.4 Å². The van der Waals surface area contributed by atoms with Gasteiger partial charge in [-0.1, -0.05) is 48.5 Å². The number of rotatable bonds is 2. The number of hydrogen-bond acceptors (Lipinski definition) is 3. The minimum Gasteiger partial charge on any atom is -0.353 e. The standard InChI is InChI=1S/C14H13N3OS/c18-14(11-7-3-1-4-8-11)16-15-13(19)17(14)12-9-5-2-6-10-12/h1-10,16,18H,(H,15,19). The SMILES string of the molecule is OC1(c2ccccc2)NNC(=S)N1c1ccccc1. The molecule has 3 rings (SSSR count). The Bertz CT molecular complexity index is 590. The van der Waals surface area contributed by atoms with Gasteiger partial charge in [-0.15, -0.1) is 0 Å². The lowest BCUT2D eigenvalue weighted by molar-refractivity contribution is 0.0188. The maximum Gasteiger partial charge on any atom is 0.246 e. The highest BCUT2D eigenvalue weighted by atomic mass is 32.1. The van der Waals surface area contributed by atoms with E-state index in [-0.39, 0.29) is 0 Å². The summed E-state index contributed by atoms with van der Waals surface area (Å²) >= 11 is 5.26. The Labute approximate surface area is 116 Å². The summed E-state index contributed by atoms with van der Waals surface area (Å²) < 4.78 is 0. The van der Waals surface area contributed by atoms with Crippen molar-refractivity contribution in [3.8, 4) is 0 Å². The second-order valence-electron chi connectivity index (χ2n) is 4.26. The van der Waals surface area contributed by atoms with Gasteiger partial charge in [-0.3, -0.25) is 10.3 Å². The molecule has 0 saturated carbocycles. The van der Waals surface area contributed by atoms with E-state index in [2.05, 4.69) is 10.9 Å². The predicted molar refractivity (Wildman–Crippen MR) is 78.1 cm³/mol. The molecule has 1 unspecified atom stereocenters. The minimum absolute atomic E-state index is 0.428. The van der Waals surface area contributed by atoms with Gasteiger partial charge in [0.1, 0.15) is 0 Å². The maximum absolute atomic E-state index is 10.9. The number of hydrogen-bond donors (Lipinski definition) is 3. The minimum atomic E-state index is -1.39. The molecule has 2 aromatic rings. The molecule has 0 aliphatic carbocycles. The molecule has 19 heavy (non-hydrogen) atoms. The molecule has 1 atom stereocenters. The normalized spacial score (nSPS) is 22.4. The summed E-state index contributed by atoms with van der Waals surface area (Å²) in [6.45, 7) is 0. The van der Waals surface area contributed by atoms with Crippen LogP contribution in [0.2, 0.25) is 0 Å². The Kier molecular flexibility index (Phi) is 2.94. The van der Waals surface area contributed by atoms with Crippen LogP contribution in [0, 0.1) is 0 Å². The monoisotopic (exact) mass is 271 g/mol. The lowest BCUT2D eigenvalue weighted by Gasteiger charge is -2.32. The van der Waals surface area contributed by atoms with Crippen molar-refractivity contribution in [2.45, 2.75) is 5.85 Å². The first-order valence-corrected chi connectivity index (χ1v) is 6.33. The number of anilines is 1. The Balaban J connectivity index is 2.08. The summed E-state index contributed by atoms with van der Waals surface area (Å²) in [6, 6.07) is 18.9. The summed E-state index contributed by atoms with van der Waals surface area (Å²) in [5.41, 5.74) is 7.18. The largest absolute Gasteiger partial charge is 0.353 e. The molecule has 3 N–H and O–H groups in total. The third-order valence-electron chi connectivity index (χ3n) is 3.06. The molecule has 1 aliphatic heterocycles. The van der Waals surface area contributed by atoms with Gasteiger partial charge in [0.25, 0.3) is 0 Å². The smallest absolute Gasteiger partial charge is 0.246 e. The number of aliphatic hydroxyl groups is 1. The van der Waals surface area contributed by atoms with Crippen molar-refractivity contribution in [3.63, 3.8) is 0 Å². The summed E-state index contributed by atoms with van der Waals surface area (Å²) in [5, 5.41) is 11.3. The molecule has 4 nitrogen and oxygen atoms in total. The number of para-hydroxylation sites is 1. The van der Waals surface area contributed by atoms with Crippen molar-refractivity contribution in [2.75, 3.05) is 4.90 Å². The van der Waals surface area contributed by atoms with Crippen LogP contribution in [0.4, 0.5) is 5.69 Å². The third-order valence-corrected chi connectivity index (χ3v) is 3.35. The second-order valence-corrected chi connectivity index (χ2v) is 4.65. The van der Waals surface area contributed by atoms with Crippen molar-refractivity contribution in [2.24, 2.45) is 0 Å². The quantitative estimate of drug-likeness (QED) is 0.726. The van der Waals surface area contributed by atoms with Crippen molar-refractivity contribution in [1.82, 2.24) is 10.9 Å². The van der Waals surface area contributed by atoms with E-state index in [0.29, 0.717) is 10.7 Å². The highest BCUT2D eigenvalue weighted by Gasteiger charge is 2.44. The number of benzene rings is 2. The molecule has 1 heterocycles. The van der Waals surface area contributed by atoms with E-state index in [0.717, 1.165) is 5.69 Å². The van der Waals surface area contributed by atoms with Crippen LogP contribution in [0.25, 0.3) is 0 Å². The van der Waals surface area contributed by atoms with E-state index in [4.69, 9.17) is 12.2 Å². The highest BCUT2D eigenvalue weighted by Crippen LogP contribution is 2.31. The Morgan fingerprint density at radius 2 is 1.53 bits per heavy atom. The molecule has 2 aromatic carbocycles. The Morgan fingerprint density at radius 3 is 2.16 bits per heavy atom. The fourth-order valence-corrected chi connectivity index (χ4v) is 2.44. The van der Waals surface area contributed by atoms with Gasteiger partial charge < -0.3 is 5.11 Å². The number of thiocarbonyl (C=S) groups is 1. The predicted octanol–water partition coefficient (Wildman–Crippen LogP) is 1.69. The fraction of sp³-hybridized carbons (Fsp3) is 0.0714. The summed E-state index contributed by atoms with van der Waals surface area (Å²) in [7, 11) is 0. The zero-order chi connectivity index (χ0) is 13.3. The zero-order valence-corrected chi connectivity index (χ0v) is 10.9. The highest BCUT2D eigenvalue weighted by molar-refractivity contribution is 7.80. The van der Waals surface area contributed by atoms with Crippen LogP contribution in [0.3, 0.4) is 0 Å². The average Bonchev–Trinajstić information content (AvgIpc) is 2.78. The van der Waals surface area contributed by atoms with E-state index in [1.807, 2.05) is 60.7 Å². The van der Waals surface area contributed by atoms with E-state index in [9.17, 15) is 5.11 Å². The molecule has 0 radical (unpaired) electrons. The van der Waals surface area contributed by atoms with Crippen LogP contribution in [-0.4, -0.2) is 10.2 Å². The van der Waals surface area contributed by atoms with Gasteiger partial charge in [-0.25, -0.2) is 0 Å². The number of nitrogens with one attached hydrogen (secondary N) is 2. The molecule has 96 valence electrons. The summed E-state index contributed by atoms with van der Waals surface area (Å²) in [4.78, 5) is 1.65. The molecule has 1 aliphatic rings. The van der Waals surface area contributed by atoms with Crippen LogP contribution < -0.4 is 15.8 Å². The molecule has 1 saturated heterocycles. The zero-order valence-electron chi connectivity index (χ0n) is 10.1. The number of nitrogens with zero attached hydrogens (tertiary/aromatic N) is 1. The van der Waals surface area contributed by atoms with E-state index < -0.39 is 5.85 Å². The van der Waals surface area contributed by atoms with Crippen LogP contribution in [0.5, 0.6) is 0 Å². The molecule has 5 heteroatoms. The van der Waals surface area contributed by atoms with Gasteiger partial charge in [0.15, 0.2) is 5.11 Å². The Morgan fingerprint density at radius 1 is 0.947 bits per heavy atom. The topological polar surface area (TPSA) is 47.5 Å². The molecule has 0 amide bonds. The fourth-order valence-electron chi connectivity index (χ4n) is 2.15. The Hall–Kier alpha value is -1.95. The molecule has 0 bridgehead atoms.